The molecule has 4 aromatic carbocycles. The van der Waals surface area contributed by atoms with Crippen LogP contribution in [0, 0.1) is 23.3 Å². The molecule has 1 aliphatic rings. The molecule has 0 saturated heterocycles. The van der Waals surface area contributed by atoms with E-state index in [4.69, 9.17) is 9.97 Å². The van der Waals surface area contributed by atoms with Crippen LogP contribution in [0.5, 0.6) is 0 Å². The Morgan fingerprint density at radius 3 is 2.08 bits per heavy atom. The van der Waals surface area contributed by atoms with Crippen molar-refractivity contribution in [2.24, 2.45) is 17.3 Å². The second-order valence-electron chi connectivity index (χ2n) is 15.3. The fourth-order valence-corrected chi connectivity index (χ4v) is 7.53. The molecule has 5 heteroatoms. The average molecular weight is 846 g/mol. The monoisotopic (exact) mass is 846 g/mol. The van der Waals surface area contributed by atoms with Gasteiger partial charge in [0.25, 0.3) is 0 Å². The van der Waals surface area contributed by atoms with Crippen LogP contribution < -0.4 is 0 Å². The van der Waals surface area contributed by atoms with Crippen LogP contribution in [0.3, 0.4) is 0 Å². The van der Waals surface area contributed by atoms with Gasteiger partial charge in [-0.05, 0) is 82.3 Å². The molecule has 1 aliphatic carbocycles. The van der Waals surface area contributed by atoms with E-state index in [0.29, 0.717) is 0 Å². The Morgan fingerprint density at radius 1 is 0.860 bits per heavy atom. The second kappa shape index (κ2) is 16.1. The zero-order valence-electron chi connectivity index (χ0n) is 31.3. The Balaban J connectivity index is 0.000000301. The van der Waals surface area contributed by atoms with Gasteiger partial charge in [0.2, 0.25) is 0 Å². The van der Waals surface area contributed by atoms with Crippen molar-refractivity contribution >= 4 is 27.3 Å². The number of carbonyl (C=O) groups is 1. The summed E-state index contributed by atoms with van der Waals surface area (Å²) in [5.41, 5.74) is 8.35. The van der Waals surface area contributed by atoms with E-state index < -0.39 is 0 Å². The summed E-state index contributed by atoms with van der Waals surface area (Å²) in [7, 11) is 0. The molecule has 0 bridgehead atoms. The van der Waals surface area contributed by atoms with Gasteiger partial charge in [0.15, 0.2) is 5.78 Å². The van der Waals surface area contributed by atoms with E-state index in [1.165, 1.54) is 44.3 Å². The summed E-state index contributed by atoms with van der Waals surface area (Å²) in [5.74, 6) is 0.547. The smallest absolute Gasteiger partial charge is 0.162 e. The van der Waals surface area contributed by atoms with Crippen molar-refractivity contribution < 1.29 is 30.0 Å². The molecule has 265 valence electrons. The van der Waals surface area contributed by atoms with Crippen LogP contribution in [0.4, 0.5) is 0 Å². The third-order valence-corrected chi connectivity index (χ3v) is 10.2. The van der Waals surface area contributed by atoms with E-state index in [1.54, 1.807) is 6.33 Å². The first-order chi connectivity index (χ1) is 23.3. The van der Waals surface area contributed by atoms with Crippen LogP contribution in [-0.4, -0.2) is 20.9 Å². The average Bonchev–Trinajstić information content (AvgIpc) is 3.31. The van der Waals surface area contributed by atoms with Crippen molar-refractivity contribution in [2.45, 2.75) is 99.8 Å². The Hall–Kier alpha value is -3.66. The Morgan fingerprint density at radius 2 is 1.46 bits per heavy atom. The van der Waals surface area contributed by atoms with Crippen molar-refractivity contribution in [1.82, 2.24) is 9.97 Å². The van der Waals surface area contributed by atoms with Crippen LogP contribution in [0.25, 0.3) is 43.9 Å². The van der Waals surface area contributed by atoms with Crippen molar-refractivity contribution in [3.05, 3.63) is 108 Å². The maximum atomic E-state index is 11.7. The molecule has 0 spiro atoms. The molecule has 1 heterocycles. The molecular weight excluding hydrogens is 793 g/mol. The number of rotatable bonds is 9. The van der Waals surface area contributed by atoms with E-state index in [0.717, 1.165) is 54.6 Å². The fraction of sp³-hybridized carbons (Fsp3) is 0.400. The van der Waals surface area contributed by atoms with Crippen LogP contribution in [0.2, 0.25) is 0 Å². The largest absolute Gasteiger partial charge is 0.512 e. The van der Waals surface area contributed by atoms with Gasteiger partial charge >= 0.3 is 0 Å². The van der Waals surface area contributed by atoms with Crippen LogP contribution >= 0.6 is 0 Å². The minimum Gasteiger partial charge on any atom is -0.512 e. The number of aromatic nitrogens is 2. The van der Waals surface area contributed by atoms with Gasteiger partial charge in [-0.15, -0.1) is 29.1 Å². The first-order valence-corrected chi connectivity index (χ1v) is 18.1. The first-order valence-electron chi connectivity index (χ1n) is 18.1. The minimum atomic E-state index is -0.205. The topological polar surface area (TPSA) is 63.1 Å². The summed E-state index contributed by atoms with van der Waals surface area (Å²) in [6, 6.07) is 27.4. The van der Waals surface area contributed by atoms with E-state index in [2.05, 4.69) is 107 Å². The molecule has 5 aromatic rings. The maximum absolute atomic E-state index is 11.7. The number of benzene rings is 4. The summed E-state index contributed by atoms with van der Waals surface area (Å²) in [6.07, 6.45) is 7.65. The van der Waals surface area contributed by atoms with Crippen molar-refractivity contribution in [3.8, 4) is 22.4 Å². The fourth-order valence-electron chi connectivity index (χ4n) is 7.53. The van der Waals surface area contributed by atoms with Gasteiger partial charge in [-0.1, -0.05) is 116 Å². The molecule has 50 heavy (non-hydrogen) atoms. The Kier molecular flexibility index (Phi) is 12.6. The van der Waals surface area contributed by atoms with E-state index >= 15 is 0 Å². The Labute approximate surface area is 313 Å². The number of hydrogen-bond donors (Lipinski definition) is 1. The van der Waals surface area contributed by atoms with Crippen molar-refractivity contribution in [3.63, 3.8) is 0 Å². The normalized spacial score (nSPS) is 13.5. The predicted molar refractivity (Wildman–Crippen MR) is 206 cm³/mol. The molecule has 1 aromatic heterocycles. The number of aliphatic hydroxyl groups is 1. The molecular formula is C45H53IrN2O2-. The van der Waals surface area contributed by atoms with Gasteiger partial charge in [0.05, 0.1) is 11.5 Å². The molecule has 1 N–H and O–H groups in total. The van der Waals surface area contributed by atoms with Crippen LogP contribution in [0.1, 0.15) is 105 Å². The second-order valence-corrected chi connectivity index (χ2v) is 15.3. The minimum absolute atomic E-state index is 0. The molecule has 0 amide bonds. The zero-order chi connectivity index (χ0) is 35.5. The number of carbonyl (C=O) groups excluding carboxylic acids is 1. The van der Waals surface area contributed by atoms with Gasteiger partial charge in [-0.2, -0.15) is 0 Å². The number of fused-ring (bicyclic) bond motifs is 5. The Bertz CT molecular complexity index is 1990. The van der Waals surface area contributed by atoms with Gasteiger partial charge in [-0.25, -0.2) is 4.98 Å². The quantitative estimate of drug-likeness (QED) is 0.0912. The van der Waals surface area contributed by atoms with E-state index in [9.17, 15) is 9.90 Å². The molecule has 0 aliphatic heterocycles. The van der Waals surface area contributed by atoms with Gasteiger partial charge in [-0.3, -0.25) is 9.78 Å². The van der Waals surface area contributed by atoms with Crippen LogP contribution in [0.15, 0.2) is 84.9 Å². The summed E-state index contributed by atoms with van der Waals surface area (Å²) >= 11 is 0. The molecule has 6 rings (SSSR count). The van der Waals surface area contributed by atoms with Crippen molar-refractivity contribution in [1.29, 1.82) is 0 Å². The maximum Gasteiger partial charge on any atom is 0.162 e. The molecule has 0 atom stereocenters. The molecule has 4 nitrogen and oxygen atoms in total. The predicted octanol–water partition coefficient (Wildman–Crippen LogP) is 12.0. The third-order valence-electron chi connectivity index (χ3n) is 10.2. The molecule has 0 saturated carbocycles. The van der Waals surface area contributed by atoms with E-state index in [-0.39, 0.29) is 54.3 Å². The van der Waals surface area contributed by atoms with Crippen molar-refractivity contribution in [2.75, 3.05) is 0 Å². The van der Waals surface area contributed by atoms with Gasteiger partial charge in [0, 0.05) is 43.4 Å². The SMILES string of the molecule is CC(C)(C)Cc1c2c(cc3ccccc13)-c1c(-c3[c-]cc4ccccc4c3)ncnc1C2(C)C.CCC(CC)C(=O)/C=C(\O)C(CC)CC.[Ir]. The number of nitrogens with zero attached hydrogens (tertiary/aromatic N) is 2. The van der Waals surface area contributed by atoms with Crippen LogP contribution in [-0.2, 0) is 36.7 Å². The summed E-state index contributed by atoms with van der Waals surface area (Å²) in [4.78, 5) is 21.4. The number of aliphatic hydroxyl groups excluding tert-OH is 1. The number of hydrogen-bond acceptors (Lipinski definition) is 4. The summed E-state index contributed by atoms with van der Waals surface area (Å²) in [6.45, 7) is 19.7. The standard InChI is InChI=1S/C32H29N2.C13H24O2.Ir/c1-31(2,3)18-26-24-13-9-8-12-22(24)17-25-27-29(33-19-34-30(27)32(4,5)28(25)26)23-15-14-20-10-6-7-11-21(20)16-23;1-5-10(6-2)12(14)9-13(15)11(7-3)8-4;/h6-14,16-17,19H,18H2,1-5H3;9-11,14H,5-8H2,1-4H3;/q-1;;/b;12-9-;. The molecule has 1 radical (unpaired) electrons. The third kappa shape index (κ3) is 7.95. The summed E-state index contributed by atoms with van der Waals surface area (Å²) < 4.78 is 0. The number of allylic oxidation sites excluding steroid dienone is 2. The zero-order valence-corrected chi connectivity index (χ0v) is 33.7. The molecule has 0 unspecified atom stereocenters. The van der Waals surface area contributed by atoms with Gasteiger partial charge in [0.1, 0.15) is 6.33 Å². The summed E-state index contributed by atoms with van der Waals surface area (Å²) in [5, 5.41) is 14.8. The van der Waals surface area contributed by atoms with E-state index in [1.807, 2.05) is 27.7 Å². The first kappa shape index (κ1) is 39.1. The molecule has 0 fully saturated rings. The van der Waals surface area contributed by atoms with Gasteiger partial charge < -0.3 is 5.11 Å². The number of ketones is 1.